The van der Waals surface area contributed by atoms with Crippen molar-refractivity contribution < 1.29 is 0 Å². The number of rotatable bonds is 1. The molecule has 1 heterocycles. The van der Waals surface area contributed by atoms with Crippen LogP contribution in [0.2, 0.25) is 0 Å². The average molecular weight is 111 g/mol. The van der Waals surface area contributed by atoms with E-state index >= 15 is 0 Å². The Labute approximate surface area is 45.4 Å². The molecule has 0 fully saturated rings. The molecule has 0 aliphatic rings. The molecule has 1 rings (SSSR count). The van der Waals surface area contributed by atoms with Gasteiger partial charge in [-0.2, -0.15) is 9.12 Å². The molecule has 0 bridgehead atoms. The van der Waals surface area contributed by atoms with Gasteiger partial charge in [0, 0.05) is 12.4 Å². The first kappa shape index (κ1) is 4.85. The van der Waals surface area contributed by atoms with Crippen LogP contribution in [0.1, 0.15) is 0 Å². The fourth-order valence-corrected chi connectivity index (χ4v) is 0.534. The van der Waals surface area contributed by atoms with Gasteiger partial charge in [-0.15, -0.1) is 0 Å². The molecule has 35 valence electrons. The lowest BCUT2D eigenvalue weighted by atomic mass is 10.4. The standard InChI is InChI=1S/C3H5BN2P/c7-4-6-2-1-5-3-6/h1-3H,7H2. The van der Waals surface area contributed by atoms with Gasteiger partial charge in [-0.3, -0.25) is 0 Å². The summed E-state index contributed by atoms with van der Waals surface area (Å²) in [4.78, 5) is 3.81. The first-order valence-corrected chi connectivity index (χ1v) is 2.62. The van der Waals surface area contributed by atoms with Gasteiger partial charge in [-0.05, 0) is 0 Å². The summed E-state index contributed by atoms with van der Waals surface area (Å²) in [7, 11) is 4.34. The Morgan fingerprint density at radius 3 is 2.86 bits per heavy atom. The highest BCUT2D eigenvalue weighted by Crippen LogP contribution is 1.83. The van der Waals surface area contributed by atoms with Crippen molar-refractivity contribution >= 4 is 16.3 Å². The van der Waals surface area contributed by atoms with Crippen molar-refractivity contribution in [2.24, 2.45) is 0 Å². The molecule has 0 aliphatic heterocycles. The number of nitrogens with zero attached hydrogens (tertiary/aromatic N) is 2. The second kappa shape index (κ2) is 2.13. The molecule has 0 amide bonds. The van der Waals surface area contributed by atoms with Crippen LogP contribution in [0, 0.1) is 0 Å². The van der Waals surface area contributed by atoms with Crippen LogP contribution in [0.15, 0.2) is 18.7 Å². The van der Waals surface area contributed by atoms with Crippen molar-refractivity contribution in [1.29, 1.82) is 0 Å². The van der Waals surface area contributed by atoms with E-state index in [2.05, 4.69) is 14.1 Å². The molecular weight excluding hydrogens is 106 g/mol. The Hall–Kier alpha value is -0.295. The SMILES string of the molecule is P[B]n1ccnc1. The normalized spacial score (nSPS) is 8.71. The molecule has 0 saturated carbocycles. The van der Waals surface area contributed by atoms with Crippen molar-refractivity contribution in [3.8, 4) is 0 Å². The van der Waals surface area contributed by atoms with E-state index < -0.39 is 0 Å². The van der Waals surface area contributed by atoms with Crippen molar-refractivity contribution in [3.05, 3.63) is 18.7 Å². The molecule has 1 unspecified atom stereocenters. The van der Waals surface area contributed by atoms with Crippen molar-refractivity contribution in [3.63, 3.8) is 0 Å². The van der Waals surface area contributed by atoms with Crippen LogP contribution in [0.25, 0.3) is 0 Å². The summed E-state index contributed by atoms with van der Waals surface area (Å²) in [5.41, 5.74) is 0. The zero-order valence-corrected chi connectivity index (χ0v) is 4.94. The van der Waals surface area contributed by atoms with E-state index in [9.17, 15) is 0 Å². The summed E-state index contributed by atoms with van der Waals surface area (Å²) in [6, 6.07) is 0. The van der Waals surface area contributed by atoms with Gasteiger partial charge in [-0.25, -0.2) is 4.98 Å². The largest absolute Gasteiger partial charge is 0.382 e. The van der Waals surface area contributed by atoms with Crippen LogP contribution in [0.4, 0.5) is 0 Å². The lowest BCUT2D eigenvalue weighted by Crippen LogP contribution is -1.91. The van der Waals surface area contributed by atoms with E-state index in [4.69, 9.17) is 0 Å². The van der Waals surface area contributed by atoms with Crippen molar-refractivity contribution in [1.82, 2.24) is 9.46 Å². The zero-order valence-electron chi connectivity index (χ0n) is 3.78. The van der Waals surface area contributed by atoms with Gasteiger partial charge in [-0.1, -0.05) is 0 Å². The van der Waals surface area contributed by atoms with E-state index in [-0.39, 0.29) is 0 Å². The summed E-state index contributed by atoms with van der Waals surface area (Å²) in [5.74, 6) is 0. The second-order valence-electron chi connectivity index (χ2n) is 1.16. The van der Waals surface area contributed by atoms with E-state index in [1.165, 1.54) is 0 Å². The maximum atomic E-state index is 3.81. The van der Waals surface area contributed by atoms with Crippen LogP contribution in [0.5, 0.6) is 0 Å². The molecule has 1 radical (unpaired) electrons. The Kier molecular flexibility index (Phi) is 1.48. The molecule has 1 atom stereocenters. The van der Waals surface area contributed by atoms with Gasteiger partial charge < -0.3 is 4.48 Å². The predicted molar refractivity (Wildman–Crippen MR) is 33.1 cm³/mol. The van der Waals surface area contributed by atoms with Gasteiger partial charge in [0.1, 0.15) is 0 Å². The van der Waals surface area contributed by atoms with E-state index in [1.54, 1.807) is 12.5 Å². The highest BCUT2D eigenvalue weighted by Gasteiger charge is 1.80. The van der Waals surface area contributed by atoms with Crippen LogP contribution in [0.3, 0.4) is 0 Å². The lowest BCUT2D eigenvalue weighted by Gasteiger charge is -1.85. The summed E-state index contributed by atoms with van der Waals surface area (Å²) in [6.07, 6.45) is 5.33. The number of hydrogen-bond donors (Lipinski definition) is 0. The first-order valence-electron chi connectivity index (χ1n) is 1.96. The minimum atomic E-state index is 1.73. The molecule has 1 aromatic rings. The third-order valence-corrected chi connectivity index (χ3v) is 1.04. The maximum absolute atomic E-state index is 3.81. The number of aromatic nitrogens is 2. The average Bonchev–Trinajstić information content (AvgIpc) is 2.14. The molecule has 7 heavy (non-hydrogen) atoms. The van der Waals surface area contributed by atoms with E-state index in [0.717, 1.165) is 0 Å². The quantitative estimate of drug-likeness (QED) is 0.372. The summed E-state index contributed by atoms with van der Waals surface area (Å²) >= 11 is 0. The fourth-order valence-electron chi connectivity index (χ4n) is 0.358. The van der Waals surface area contributed by atoms with Crippen LogP contribution in [-0.4, -0.2) is 16.6 Å². The van der Waals surface area contributed by atoms with E-state index in [0.29, 0.717) is 0 Å². The zero-order chi connectivity index (χ0) is 5.11. The third kappa shape index (κ3) is 1.03. The van der Waals surface area contributed by atoms with Crippen LogP contribution in [-0.2, 0) is 0 Å². The van der Waals surface area contributed by atoms with Gasteiger partial charge in [0.05, 0.1) is 6.33 Å². The van der Waals surface area contributed by atoms with E-state index in [1.807, 2.05) is 17.8 Å². The Bertz CT molecular complexity index is 127. The topological polar surface area (TPSA) is 17.8 Å². The third-order valence-electron chi connectivity index (χ3n) is 0.697. The summed E-state index contributed by atoms with van der Waals surface area (Å²) in [6.45, 7) is 0. The van der Waals surface area contributed by atoms with Gasteiger partial charge in [0.15, 0.2) is 0 Å². The molecule has 0 saturated heterocycles. The molecule has 1 aromatic heterocycles. The second-order valence-corrected chi connectivity index (χ2v) is 1.46. The van der Waals surface area contributed by atoms with Crippen molar-refractivity contribution in [2.75, 3.05) is 0 Å². The van der Waals surface area contributed by atoms with Gasteiger partial charge in [0.2, 0.25) is 0 Å². The Balaban J connectivity index is 2.76. The maximum Gasteiger partial charge on any atom is 0.280 e. The smallest absolute Gasteiger partial charge is 0.280 e. The van der Waals surface area contributed by atoms with Crippen molar-refractivity contribution in [2.45, 2.75) is 0 Å². The number of hydrogen-bond acceptors (Lipinski definition) is 1. The molecular formula is C3H5BN2P. The summed E-state index contributed by atoms with van der Waals surface area (Å²) in [5, 5.41) is 0. The first-order chi connectivity index (χ1) is 3.43. The van der Waals surface area contributed by atoms with Gasteiger partial charge in [0.25, 0.3) is 7.13 Å². The number of imidazole rings is 1. The Morgan fingerprint density at radius 1 is 1.71 bits per heavy atom. The highest BCUT2D eigenvalue weighted by molar-refractivity contribution is 7.55. The minimum absolute atomic E-state index is 1.73. The van der Waals surface area contributed by atoms with Crippen LogP contribution >= 0.6 is 9.12 Å². The molecule has 0 aliphatic carbocycles. The Morgan fingerprint density at radius 2 is 2.57 bits per heavy atom. The monoisotopic (exact) mass is 111 g/mol. The van der Waals surface area contributed by atoms with Gasteiger partial charge >= 0.3 is 0 Å². The fraction of sp³-hybridized carbons (Fsp3) is 0. The molecule has 4 heteroatoms. The predicted octanol–water partition coefficient (Wildman–Crippen LogP) is 0.140. The highest BCUT2D eigenvalue weighted by atomic mass is 31.0. The molecule has 0 spiro atoms. The molecule has 2 nitrogen and oxygen atoms in total. The lowest BCUT2D eigenvalue weighted by molar-refractivity contribution is 1.21. The molecule has 0 N–H and O–H groups in total. The molecule has 0 aromatic carbocycles. The minimum Gasteiger partial charge on any atom is -0.382 e. The summed E-state index contributed by atoms with van der Waals surface area (Å²) < 4.78 is 1.85. The van der Waals surface area contributed by atoms with Crippen LogP contribution < -0.4 is 0 Å².